The molecule has 0 unspecified atom stereocenters. The van der Waals surface area contributed by atoms with Crippen LogP contribution in [0, 0.1) is 0 Å². The van der Waals surface area contributed by atoms with E-state index >= 15 is 0 Å². The summed E-state index contributed by atoms with van der Waals surface area (Å²) in [6, 6.07) is 21.0. The molecule has 0 radical (unpaired) electrons. The summed E-state index contributed by atoms with van der Waals surface area (Å²) in [5.74, 6) is -0.00675. The third kappa shape index (κ3) is 6.57. The monoisotopic (exact) mass is 430 g/mol. The van der Waals surface area contributed by atoms with E-state index in [1.165, 1.54) is 21.8 Å². The summed E-state index contributed by atoms with van der Waals surface area (Å²) < 4.78 is 5.74. The van der Waals surface area contributed by atoms with Crippen molar-refractivity contribution in [3.05, 3.63) is 119 Å². The highest BCUT2D eigenvalue weighted by molar-refractivity contribution is 7.77. The van der Waals surface area contributed by atoms with E-state index in [0.29, 0.717) is 6.61 Å². The first-order chi connectivity index (χ1) is 15.1. The van der Waals surface area contributed by atoms with Crippen molar-refractivity contribution in [1.29, 1.82) is 0 Å². The van der Waals surface area contributed by atoms with Crippen molar-refractivity contribution in [3.8, 4) is 0 Å². The summed E-state index contributed by atoms with van der Waals surface area (Å²) in [6.07, 6.45) is 12.4. The molecule has 31 heavy (non-hydrogen) atoms. The number of hydrogen-bond acceptors (Lipinski definition) is 2. The number of benzene rings is 2. The van der Waals surface area contributed by atoms with Crippen LogP contribution >= 0.6 is 7.92 Å². The fraction of sp³-hybridized carbons (Fsp3) is 0.214. The molecule has 0 amide bonds. The molecular formula is C28H31O2P. The van der Waals surface area contributed by atoms with Crippen molar-refractivity contribution in [3.63, 3.8) is 0 Å². The maximum absolute atomic E-state index is 10.8. The Bertz CT molecular complexity index is 968. The highest BCUT2D eigenvalue weighted by Crippen LogP contribution is 2.49. The Morgan fingerprint density at radius 3 is 2.10 bits per heavy atom. The Morgan fingerprint density at radius 2 is 1.52 bits per heavy atom. The van der Waals surface area contributed by atoms with Gasteiger partial charge in [0.2, 0.25) is 0 Å². The minimum Gasteiger partial charge on any atom is -0.481 e. The Hall–Kier alpha value is -2.83. The number of allylic oxidation sites excluding steroid dienone is 8. The predicted octanol–water partition coefficient (Wildman–Crippen LogP) is 7.05. The Balaban J connectivity index is 1.78. The zero-order valence-corrected chi connectivity index (χ0v) is 19.5. The van der Waals surface area contributed by atoms with Crippen molar-refractivity contribution in [2.45, 2.75) is 33.6 Å². The van der Waals surface area contributed by atoms with Crippen LogP contribution in [-0.4, -0.2) is 11.7 Å². The van der Waals surface area contributed by atoms with Crippen LogP contribution in [0.15, 0.2) is 119 Å². The zero-order chi connectivity index (χ0) is 22.1. The fourth-order valence-corrected chi connectivity index (χ4v) is 5.84. The van der Waals surface area contributed by atoms with Crippen LogP contribution in [0.2, 0.25) is 0 Å². The molecule has 0 heterocycles. The van der Waals surface area contributed by atoms with Crippen LogP contribution in [0.4, 0.5) is 0 Å². The number of ether oxygens (including phenoxy) is 1. The predicted molar refractivity (Wildman–Crippen MR) is 134 cm³/mol. The van der Waals surface area contributed by atoms with Gasteiger partial charge in [-0.15, -0.1) is 0 Å². The lowest BCUT2D eigenvalue weighted by molar-refractivity contribution is 0.110. The van der Waals surface area contributed by atoms with Gasteiger partial charge in [0.25, 0.3) is 5.95 Å². The van der Waals surface area contributed by atoms with Crippen molar-refractivity contribution in [2.24, 2.45) is 0 Å². The molecule has 0 atom stereocenters. The van der Waals surface area contributed by atoms with E-state index < -0.39 is 7.92 Å². The molecule has 0 fully saturated rings. The lowest BCUT2D eigenvalue weighted by Gasteiger charge is -2.22. The summed E-state index contributed by atoms with van der Waals surface area (Å²) in [5, 5.41) is 14.4. The lowest BCUT2D eigenvalue weighted by atomic mass is 10.1. The standard InChI is InChI=1S/C28H31O2P/c1-22(2)12-10-13-23(3)20-21-30-28(29)26-18-11-19-27(26)31(24-14-6-4-7-15-24)25-16-8-5-9-17-25/h4-9,11-12,14-20,29H,10,13,21H2,1-3H3/b23-20+,28-26-. The number of hydrogen-bond donors (Lipinski definition) is 1. The molecule has 1 aliphatic rings. The highest BCUT2D eigenvalue weighted by atomic mass is 31.1. The molecule has 2 aromatic rings. The third-order valence-electron chi connectivity index (χ3n) is 5.04. The van der Waals surface area contributed by atoms with E-state index in [0.717, 1.165) is 23.7 Å². The first-order valence-corrected chi connectivity index (χ1v) is 12.0. The lowest BCUT2D eigenvalue weighted by Crippen LogP contribution is -2.13. The van der Waals surface area contributed by atoms with E-state index in [1.807, 2.05) is 24.3 Å². The molecule has 3 rings (SSSR count). The van der Waals surface area contributed by atoms with Gasteiger partial charge < -0.3 is 9.84 Å². The van der Waals surface area contributed by atoms with Crippen LogP contribution in [-0.2, 0) is 4.74 Å². The van der Waals surface area contributed by atoms with Gasteiger partial charge in [0.1, 0.15) is 6.61 Å². The second-order valence-electron chi connectivity index (χ2n) is 7.82. The molecule has 0 aliphatic heterocycles. The molecule has 0 saturated heterocycles. The molecule has 0 bridgehead atoms. The van der Waals surface area contributed by atoms with E-state index in [2.05, 4.69) is 87.5 Å². The van der Waals surface area contributed by atoms with Crippen molar-refractivity contribution in [1.82, 2.24) is 0 Å². The van der Waals surface area contributed by atoms with E-state index in [1.54, 1.807) is 0 Å². The molecule has 2 aromatic carbocycles. The molecule has 1 N–H and O–H groups in total. The number of rotatable bonds is 9. The average Bonchev–Trinajstić information content (AvgIpc) is 3.24. The van der Waals surface area contributed by atoms with Crippen molar-refractivity contribution < 1.29 is 9.84 Å². The minimum atomic E-state index is -0.787. The first-order valence-electron chi connectivity index (χ1n) is 10.7. The van der Waals surface area contributed by atoms with Gasteiger partial charge in [0.05, 0.1) is 5.57 Å². The molecule has 0 spiro atoms. The molecule has 160 valence electrons. The number of aliphatic hydroxyl groups is 1. The van der Waals surface area contributed by atoms with Crippen LogP contribution in [0.1, 0.15) is 33.6 Å². The van der Waals surface area contributed by atoms with E-state index in [4.69, 9.17) is 4.74 Å². The van der Waals surface area contributed by atoms with Crippen LogP contribution < -0.4 is 10.6 Å². The maximum atomic E-state index is 10.8. The van der Waals surface area contributed by atoms with Gasteiger partial charge in [-0.2, -0.15) is 0 Å². The Kier molecular flexibility index (Phi) is 8.50. The van der Waals surface area contributed by atoms with Gasteiger partial charge >= 0.3 is 0 Å². The highest BCUT2D eigenvalue weighted by Gasteiger charge is 2.25. The zero-order valence-electron chi connectivity index (χ0n) is 18.6. The maximum Gasteiger partial charge on any atom is 0.285 e. The number of aliphatic hydroxyl groups excluding tert-OH is 1. The van der Waals surface area contributed by atoms with Crippen LogP contribution in [0.3, 0.4) is 0 Å². The first kappa shape index (κ1) is 22.8. The van der Waals surface area contributed by atoms with Gasteiger partial charge in [-0.3, -0.25) is 0 Å². The van der Waals surface area contributed by atoms with Gasteiger partial charge in [-0.25, -0.2) is 0 Å². The van der Waals surface area contributed by atoms with Crippen molar-refractivity contribution >= 4 is 18.5 Å². The van der Waals surface area contributed by atoms with Crippen LogP contribution in [0.5, 0.6) is 0 Å². The second kappa shape index (κ2) is 11.5. The quantitative estimate of drug-likeness (QED) is 0.262. The van der Waals surface area contributed by atoms with E-state index in [-0.39, 0.29) is 5.95 Å². The van der Waals surface area contributed by atoms with E-state index in [9.17, 15) is 5.11 Å². The van der Waals surface area contributed by atoms with Crippen LogP contribution in [0.25, 0.3) is 0 Å². The normalized spacial score (nSPS) is 15.1. The summed E-state index contributed by atoms with van der Waals surface area (Å²) >= 11 is 0. The van der Waals surface area contributed by atoms with Gasteiger partial charge in [-0.05, 0) is 69.6 Å². The summed E-state index contributed by atoms with van der Waals surface area (Å²) in [6.45, 7) is 6.71. The SMILES string of the molecule is CC(C)=CCC/C(C)=C/CO/C(O)=C1/C=CC=C1P(c1ccccc1)c1ccccc1. The topological polar surface area (TPSA) is 29.5 Å². The average molecular weight is 431 g/mol. The minimum absolute atomic E-state index is 0.00675. The molecule has 0 saturated carbocycles. The Labute approximate surface area is 187 Å². The Morgan fingerprint density at radius 1 is 0.903 bits per heavy atom. The molecule has 1 aliphatic carbocycles. The summed E-state index contributed by atoms with van der Waals surface area (Å²) in [5.41, 5.74) is 3.38. The molecule has 0 aromatic heterocycles. The summed E-state index contributed by atoms with van der Waals surface area (Å²) in [4.78, 5) is 0. The van der Waals surface area contributed by atoms with Gasteiger partial charge in [0, 0.05) is 0 Å². The van der Waals surface area contributed by atoms with Gasteiger partial charge in [0.15, 0.2) is 0 Å². The molecule has 2 nitrogen and oxygen atoms in total. The third-order valence-corrected chi connectivity index (χ3v) is 7.54. The smallest absolute Gasteiger partial charge is 0.285 e. The van der Waals surface area contributed by atoms with Crippen molar-refractivity contribution in [2.75, 3.05) is 6.61 Å². The second-order valence-corrected chi connectivity index (χ2v) is 10.0. The molecule has 3 heteroatoms. The summed E-state index contributed by atoms with van der Waals surface area (Å²) in [7, 11) is -0.787. The molecular weight excluding hydrogens is 399 g/mol. The van der Waals surface area contributed by atoms with Gasteiger partial charge in [-0.1, -0.05) is 90.0 Å². The largest absolute Gasteiger partial charge is 0.481 e. The fourth-order valence-electron chi connectivity index (χ4n) is 3.40.